The number of anilines is 5. The molecule has 0 saturated carbocycles. The Morgan fingerprint density at radius 2 is 0.967 bits per heavy atom. The van der Waals surface area contributed by atoms with Crippen molar-refractivity contribution >= 4 is 56.9 Å². The minimum atomic E-state index is 0.822. The summed E-state index contributed by atoms with van der Waals surface area (Å²) in [7, 11) is 1.70. The topological polar surface area (TPSA) is 15.7 Å². The second-order valence-electron chi connectivity index (χ2n) is 15.3. The van der Waals surface area contributed by atoms with Gasteiger partial charge in [0.2, 0.25) is 0 Å². The van der Waals surface area contributed by atoms with Crippen LogP contribution in [-0.2, 0) is 0 Å². The minimum absolute atomic E-state index is 0.822. The number of nitrogens with zero attached hydrogens (tertiary/aromatic N) is 2. The second-order valence-corrected chi connectivity index (χ2v) is 15.3. The van der Waals surface area contributed by atoms with Crippen LogP contribution in [0, 0.1) is 27.7 Å². The van der Waals surface area contributed by atoms with E-state index in [4.69, 9.17) is 4.74 Å². The van der Waals surface area contributed by atoms with Crippen LogP contribution in [0.15, 0.2) is 200 Å². The Labute approximate surface area is 355 Å². The van der Waals surface area contributed by atoms with Gasteiger partial charge in [0.05, 0.1) is 12.8 Å². The molecule has 0 fully saturated rings. The molecule has 0 amide bonds. The lowest BCUT2D eigenvalue weighted by atomic mass is 9.98. The lowest BCUT2D eigenvalue weighted by Crippen LogP contribution is -2.13. The third-order valence-corrected chi connectivity index (χ3v) is 11.0. The Kier molecular flexibility index (Phi) is 11.9. The molecule has 0 N–H and O–H groups in total. The number of rotatable bonds is 12. The van der Waals surface area contributed by atoms with Crippen molar-refractivity contribution in [1.29, 1.82) is 0 Å². The highest BCUT2D eigenvalue weighted by Crippen LogP contribution is 2.43. The van der Waals surface area contributed by atoms with Crippen molar-refractivity contribution in [3.05, 3.63) is 245 Å². The van der Waals surface area contributed by atoms with Crippen molar-refractivity contribution in [1.82, 2.24) is 0 Å². The Bertz CT molecular complexity index is 2720. The van der Waals surface area contributed by atoms with Gasteiger partial charge in [0.25, 0.3) is 0 Å². The average molecular weight is 779 g/mol. The second kappa shape index (κ2) is 18.1. The van der Waals surface area contributed by atoms with E-state index < -0.39 is 0 Å². The maximum absolute atomic E-state index is 5.50. The molecule has 0 spiro atoms. The fourth-order valence-electron chi connectivity index (χ4n) is 7.94. The third-order valence-electron chi connectivity index (χ3n) is 11.0. The number of ether oxygens (including phenoxy) is 1. The molecule has 0 aromatic heterocycles. The van der Waals surface area contributed by atoms with Crippen molar-refractivity contribution in [3.8, 4) is 5.75 Å². The normalized spacial score (nSPS) is 11.3. The summed E-state index contributed by atoms with van der Waals surface area (Å²) in [5.41, 5.74) is 16.4. The van der Waals surface area contributed by atoms with Gasteiger partial charge in [-0.05, 0) is 121 Å². The first-order valence-electron chi connectivity index (χ1n) is 20.5. The SMILES string of the molecule is COc1ccc(N(C=C(c2ccccc2)c2ccccc2)c2ccc(/C=C/C=C/c3ccc(N(c4ccc(C)cc4C)c4ccc(C)cc4C)c4ccccc34)cc2)cc1. The monoisotopic (exact) mass is 778 g/mol. The van der Waals surface area contributed by atoms with Crippen LogP contribution in [0.1, 0.15) is 44.5 Å². The lowest BCUT2D eigenvalue weighted by Gasteiger charge is -2.30. The van der Waals surface area contributed by atoms with Crippen LogP contribution in [0.2, 0.25) is 0 Å². The summed E-state index contributed by atoms with van der Waals surface area (Å²) in [6, 6.07) is 64.8. The van der Waals surface area contributed by atoms with Crippen LogP contribution < -0.4 is 14.5 Å². The number of aryl methyl sites for hydroxylation is 4. The first-order chi connectivity index (χ1) is 29.4. The molecule has 0 aliphatic rings. The molecule has 0 bridgehead atoms. The largest absolute Gasteiger partial charge is 0.497 e. The van der Waals surface area contributed by atoms with Gasteiger partial charge in [-0.3, -0.25) is 0 Å². The molecule has 3 nitrogen and oxygen atoms in total. The van der Waals surface area contributed by atoms with E-state index in [0.29, 0.717) is 0 Å². The molecule has 0 atom stereocenters. The number of benzene rings is 8. The summed E-state index contributed by atoms with van der Waals surface area (Å²) < 4.78 is 5.50. The van der Waals surface area contributed by atoms with E-state index in [2.05, 4.69) is 238 Å². The highest BCUT2D eigenvalue weighted by molar-refractivity contribution is 6.03. The van der Waals surface area contributed by atoms with E-state index in [9.17, 15) is 0 Å². The first-order valence-corrected chi connectivity index (χ1v) is 20.5. The van der Waals surface area contributed by atoms with Crippen LogP contribution in [0.4, 0.5) is 28.4 Å². The molecule has 0 saturated heterocycles. The molecule has 0 radical (unpaired) electrons. The highest BCUT2D eigenvalue weighted by atomic mass is 16.5. The molecule has 0 heterocycles. The quantitative estimate of drug-likeness (QED) is 0.115. The lowest BCUT2D eigenvalue weighted by molar-refractivity contribution is 0.415. The van der Waals surface area contributed by atoms with Crippen LogP contribution in [0.3, 0.4) is 0 Å². The van der Waals surface area contributed by atoms with Gasteiger partial charge in [-0.15, -0.1) is 0 Å². The van der Waals surface area contributed by atoms with Gasteiger partial charge in [-0.2, -0.15) is 0 Å². The maximum atomic E-state index is 5.50. The number of fused-ring (bicyclic) bond motifs is 1. The van der Waals surface area contributed by atoms with Crippen molar-refractivity contribution in [2.24, 2.45) is 0 Å². The van der Waals surface area contributed by atoms with E-state index in [1.54, 1.807) is 7.11 Å². The number of hydrogen-bond donors (Lipinski definition) is 0. The predicted octanol–water partition coefficient (Wildman–Crippen LogP) is 15.5. The van der Waals surface area contributed by atoms with E-state index in [1.165, 1.54) is 50.0 Å². The molecule has 60 heavy (non-hydrogen) atoms. The summed E-state index contributed by atoms with van der Waals surface area (Å²) in [6.07, 6.45) is 10.9. The maximum Gasteiger partial charge on any atom is 0.119 e. The summed E-state index contributed by atoms with van der Waals surface area (Å²) in [4.78, 5) is 4.68. The van der Waals surface area contributed by atoms with Crippen molar-refractivity contribution in [3.63, 3.8) is 0 Å². The molecular weight excluding hydrogens is 729 g/mol. The van der Waals surface area contributed by atoms with Crippen LogP contribution in [0.25, 0.3) is 28.5 Å². The Hall–Kier alpha value is -7.36. The summed E-state index contributed by atoms with van der Waals surface area (Å²) in [6.45, 7) is 8.73. The van der Waals surface area contributed by atoms with Gasteiger partial charge in [0.15, 0.2) is 0 Å². The first kappa shape index (κ1) is 39.5. The number of methoxy groups -OCH3 is 1. The summed E-state index contributed by atoms with van der Waals surface area (Å²) in [5, 5.41) is 2.41. The Morgan fingerprint density at radius 3 is 1.52 bits per heavy atom. The van der Waals surface area contributed by atoms with Crippen LogP contribution >= 0.6 is 0 Å². The molecular formula is C57H50N2O. The van der Waals surface area contributed by atoms with Gasteiger partial charge in [-0.1, -0.05) is 163 Å². The molecule has 8 rings (SSSR count). The minimum Gasteiger partial charge on any atom is -0.497 e. The van der Waals surface area contributed by atoms with Gasteiger partial charge in [0, 0.05) is 39.9 Å². The van der Waals surface area contributed by atoms with Crippen LogP contribution in [-0.4, -0.2) is 7.11 Å². The van der Waals surface area contributed by atoms with E-state index >= 15 is 0 Å². The Morgan fingerprint density at radius 1 is 0.467 bits per heavy atom. The third kappa shape index (κ3) is 8.72. The highest BCUT2D eigenvalue weighted by Gasteiger charge is 2.20. The van der Waals surface area contributed by atoms with Gasteiger partial charge >= 0.3 is 0 Å². The zero-order valence-corrected chi connectivity index (χ0v) is 35.0. The predicted molar refractivity (Wildman–Crippen MR) is 257 cm³/mol. The van der Waals surface area contributed by atoms with Crippen molar-refractivity contribution in [2.45, 2.75) is 27.7 Å². The van der Waals surface area contributed by atoms with Crippen molar-refractivity contribution < 1.29 is 4.74 Å². The van der Waals surface area contributed by atoms with E-state index in [-0.39, 0.29) is 0 Å². The smallest absolute Gasteiger partial charge is 0.119 e. The van der Waals surface area contributed by atoms with Gasteiger partial charge < -0.3 is 14.5 Å². The van der Waals surface area contributed by atoms with Gasteiger partial charge in [-0.25, -0.2) is 0 Å². The number of allylic oxidation sites excluding steroid dienone is 2. The molecule has 294 valence electrons. The molecule has 0 aliphatic carbocycles. The number of hydrogen-bond acceptors (Lipinski definition) is 3. The Balaban J connectivity index is 1.10. The van der Waals surface area contributed by atoms with Gasteiger partial charge in [0.1, 0.15) is 5.75 Å². The zero-order valence-electron chi connectivity index (χ0n) is 35.0. The fraction of sp³-hybridized carbons (Fsp3) is 0.0877. The van der Waals surface area contributed by atoms with Crippen LogP contribution in [0.5, 0.6) is 5.75 Å². The summed E-state index contributed by atoms with van der Waals surface area (Å²) in [5.74, 6) is 0.822. The van der Waals surface area contributed by atoms with E-state index in [0.717, 1.165) is 45.1 Å². The average Bonchev–Trinajstić information content (AvgIpc) is 3.28. The molecule has 3 heteroatoms. The zero-order chi connectivity index (χ0) is 41.4. The summed E-state index contributed by atoms with van der Waals surface area (Å²) >= 11 is 0. The van der Waals surface area contributed by atoms with Crippen molar-refractivity contribution in [2.75, 3.05) is 16.9 Å². The van der Waals surface area contributed by atoms with E-state index in [1.807, 2.05) is 12.1 Å². The fourth-order valence-corrected chi connectivity index (χ4v) is 7.94. The molecule has 8 aromatic carbocycles. The molecule has 0 aliphatic heterocycles. The molecule has 8 aromatic rings. The standard InChI is InChI=1S/C57H50N2O/c1-41-24-35-55(43(3)38-41)59(56-36-25-42(2)39-44(56)4)57-37-28-48(52-22-14-15-23-53(52)57)21-13-12-16-45-26-29-49(30-27-45)58(50-31-33-51(60-5)34-32-50)40-54(46-17-8-6-9-18-46)47-19-10-7-11-20-47/h6-40H,1-5H3/b16-12+,21-13+. The molecule has 0 unspecified atom stereocenters.